The Hall–Kier alpha value is -0.320. The van der Waals surface area contributed by atoms with Gasteiger partial charge in [0.25, 0.3) is 0 Å². The first-order valence-electron chi connectivity index (χ1n) is 5.69. The van der Waals surface area contributed by atoms with Gasteiger partial charge in [-0.2, -0.15) is 0 Å². The van der Waals surface area contributed by atoms with Gasteiger partial charge in [-0.15, -0.1) is 12.4 Å². The molecule has 3 N–H and O–H groups in total. The van der Waals surface area contributed by atoms with E-state index in [0.29, 0.717) is 6.42 Å². The number of carbonyl (C=O) groups is 1. The number of carbonyl (C=O) groups excluding carboxylic acids is 1. The van der Waals surface area contributed by atoms with Gasteiger partial charge >= 0.3 is 0 Å². The number of nitrogens with two attached hydrogens (primary N) is 1. The summed E-state index contributed by atoms with van der Waals surface area (Å²) >= 11 is 0. The number of hydrogen-bond acceptors (Lipinski definition) is 3. The summed E-state index contributed by atoms with van der Waals surface area (Å²) in [6.07, 6.45) is 2.61. The van der Waals surface area contributed by atoms with E-state index < -0.39 is 5.54 Å². The van der Waals surface area contributed by atoms with Crippen LogP contribution in [0.2, 0.25) is 0 Å². The quantitative estimate of drug-likeness (QED) is 0.789. The molecular weight excluding hydrogens is 228 g/mol. The molecule has 0 bridgehead atoms. The predicted molar refractivity (Wildman–Crippen MR) is 66.7 cm³/mol. The van der Waals surface area contributed by atoms with Crippen molar-refractivity contribution in [2.24, 2.45) is 5.73 Å². The molecule has 5 heteroatoms. The van der Waals surface area contributed by atoms with Crippen LogP contribution in [0.3, 0.4) is 0 Å². The van der Waals surface area contributed by atoms with Crippen LogP contribution >= 0.6 is 12.4 Å². The molecule has 96 valence electrons. The van der Waals surface area contributed by atoms with Crippen molar-refractivity contribution in [3.8, 4) is 0 Å². The third-order valence-corrected chi connectivity index (χ3v) is 2.98. The van der Waals surface area contributed by atoms with Crippen molar-refractivity contribution in [3.05, 3.63) is 0 Å². The molecule has 3 atom stereocenters. The fraction of sp³-hybridized carbons (Fsp3) is 0.909. The molecule has 1 fully saturated rings. The summed E-state index contributed by atoms with van der Waals surface area (Å²) in [5.74, 6) is -0.0632. The van der Waals surface area contributed by atoms with Crippen LogP contribution in [0.25, 0.3) is 0 Å². The van der Waals surface area contributed by atoms with Gasteiger partial charge in [0, 0.05) is 6.61 Å². The number of rotatable bonds is 4. The van der Waals surface area contributed by atoms with Gasteiger partial charge in [-0.25, -0.2) is 0 Å². The minimum absolute atomic E-state index is 0. The molecule has 3 unspecified atom stereocenters. The fourth-order valence-electron chi connectivity index (χ4n) is 1.89. The summed E-state index contributed by atoms with van der Waals surface area (Å²) in [5, 5.41) is 2.96. The van der Waals surface area contributed by atoms with Gasteiger partial charge in [0.1, 0.15) is 0 Å². The SMILES string of the molecule is CCCC(C)(N)C(=O)NC1CCOC1C.Cl. The summed E-state index contributed by atoms with van der Waals surface area (Å²) in [5.41, 5.74) is 5.19. The highest BCUT2D eigenvalue weighted by Gasteiger charge is 2.32. The maximum atomic E-state index is 11.9. The van der Waals surface area contributed by atoms with Crippen LogP contribution in [-0.2, 0) is 9.53 Å². The van der Waals surface area contributed by atoms with Crippen molar-refractivity contribution >= 4 is 18.3 Å². The normalized spacial score (nSPS) is 28.0. The summed E-state index contributed by atoms with van der Waals surface area (Å²) in [4.78, 5) is 11.9. The Morgan fingerprint density at radius 2 is 2.25 bits per heavy atom. The molecule has 4 nitrogen and oxygen atoms in total. The van der Waals surface area contributed by atoms with Gasteiger partial charge in [0.05, 0.1) is 17.7 Å². The zero-order valence-electron chi connectivity index (χ0n) is 10.3. The highest BCUT2D eigenvalue weighted by atomic mass is 35.5. The van der Waals surface area contributed by atoms with Crippen LogP contribution in [0.5, 0.6) is 0 Å². The van der Waals surface area contributed by atoms with Gasteiger partial charge in [-0.3, -0.25) is 4.79 Å². The lowest BCUT2D eigenvalue weighted by molar-refractivity contribution is -0.127. The molecule has 0 aromatic rings. The predicted octanol–water partition coefficient (Wildman–Crippen LogP) is 1.22. The van der Waals surface area contributed by atoms with Crippen molar-refractivity contribution < 1.29 is 9.53 Å². The Kier molecular flexibility index (Phi) is 6.30. The minimum Gasteiger partial charge on any atom is -0.376 e. The molecule has 0 saturated carbocycles. The first-order valence-corrected chi connectivity index (χ1v) is 5.69. The molecule has 1 amide bonds. The van der Waals surface area contributed by atoms with E-state index in [0.717, 1.165) is 19.4 Å². The van der Waals surface area contributed by atoms with Gasteiger partial charge in [0.15, 0.2) is 0 Å². The van der Waals surface area contributed by atoms with Gasteiger partial charge in [-0.05, 0) is 26.7 Å². The van der Waals surface area contributed by atoms with Gasteiger partial charge in [-0.1, -0.05) is 13.3 Å². The summed E-state index contributed by atoms with van der Waals surface area (Å²) in [6, 6.07) is 0.122. The molecule has 0 spiro atoms. The van der Waals surface area contributed by atoms with Crippen molar-refractivity contribution in [2.45, 2.75) is 57.7 Å². The van der Waals surface area contributed by atoms with E-state index in [1.807, 2.05) is 13.8 Å². The van der Waals surface area contributed by atoms with E-state index in [1.54, 1.807) is 6.92 Å². The van der Waals surface area contributed by atoms with E-state index in [-0.39, 0.29) is 30.5 Å². The van der Waals surface area contributed by atoms with Crippen LogP contribution in [0.4, 0.5) is 0 Å². The standard InChI is InChI=1S/C11H22N2O2.ClH/c1-4-6-11(3,12)10(14)13-9-5-7-15-8(9)2;/h8-9H,4-7,12H2,1-3H3,(H,13,14);1H. The Morgan fingerprint density at radius 1 is 1.62 bits per heavy atom. The molecule has 16 heavy (non-hydrogen) atoms. The first kappa shape index (κ1) is 15.7. The highest BCUT2D eigenvalue weighted by molar-refractivity contribution is 5.86. The highest BCUT2D eigenvalue weighted by Crippen LogP contribution is 2.15. The van der Waals surface area contributed by atoms with E-state index in [1.165, 1.54) is 0 Å². The molecule has 1 aliphatic rings. The van der Waals surface area contributed by atoms with E-state index >= 15 is 0 Å². The topological polar surface area (TPSA) is 64.4 Å². The van der Waals surface area contributed by atoms with Crippen LogP contribution in [-0.4, -0.2) is 30.2 Å². The fourth-order valence-corrected chi connectivity index (χ4v) is 1.89. The summed E-state index contributed by atoms with van der Waals surface area (Å²) in [7, 11) is 0. The minimum atomic E-state index is -0.753. The lowest BCUT2D eigenvalue weighted by Gasteiger charge is -2.26. The summed E-state index contributed by atoms with van der Waals surface area (Å²) in [6.45, 7) is 6.51. The third kappa shape index (κ3) is 3.92. The largest absolute Gasteiger partial charge is 0.376 e. The molecule has 0 aromatic heterocycles. The van der Waals surface area contributed by atoms with Gasteiger partial charge in [0.2, 0.25) is 5.91 Å². The second kappa shape index (κ2) is 6.42. The molecule has 1 aliphatic heterocycles. The number of amides is 1. The van der Waals surface area contributed by atoms with E-state index in [9.17, 15) is 4.79 Å². The Labute approximate surface area is 104 Å². The average Bonchev–Trinajstić information content (AvgIpc) is 2.52. The van der Waals surface area contributed by atoms with Crippen LogP contribution in [0, 0.1) is 0 Å². The molecule has 0 radical (unpaired) electrons. The van der Waals surface area contributed by atoms with E-state index in [4.69, 9.17) is 10.5 Å². The Morgan fingerprint density at radius 3 is 2.69 bits per heavy atom. The Balaban J connectivity index is 0.00000225. The average molecular weight is 251 g/mol. The Bertz CT molecular complexity index is 234. The molecule has 0 aliphatic carbocycles. The van der Waals surface area contributed by atoms with Crippen molar-refractivity contribution in [3.63, 3.8) is 0 Å². The molecule has 1 rings (SSSR count). The van der Waals surface area contributed by atoms with Crippen molar-refractivity contribution in [1.82, 2.24) is 5.32 Å². The second-order valence-corrected chi connectivity index (χ2v) is 4.61. The lowest BCUT2D eigenvalue weighted by Crippen LogP contribution is -2.55. The smallest absolute Gasteiger partial charge is 0.240 e. The summed E-state index contributed by atoms with van der Waals surface area (Å²) < 4.78 is 5.38. The first-order chi connectivity index (χ1) is 6.97. The zero-order valence-corrected chi connectivity index (χ0v) is 11.1. The number of halogens is 1. The molecular formula is C11H23ClN2O2. The van der Waals surface area contributed by atoms with Crippen LogP contribution < -0.4 is 11.1 Å². The number of hydrogen-bond donors (Lipinski definition) is 2. The van der Waals surface area contributed by atoms with Crippen LogP contribution in [0.15, 0.2) is 0 Å². The van der Waals surface area contributed by atoms with Crippen molar-refractivity contribution in [2.75, 3.05) is 6.61 Å². The monoisotopic (exact) mass is 250 g/mol. The van der Waals surface area contributed by atoms with E-state index in [2.05, 4.69) is 5.32 Å². The van der Waals surface area contributed by atoms with Crippen LogP contribution in [0.1, 0.15) is 40.0 Å². The lowest BCUT2D eigenvalue weighted by atomic mass is 9.95. The third-order valence-electron chi connectivity index (χ3n) is 2.98. The molecule has 1 saturated heterocycles. The van der Waals surface area contributed by atoms with Gasteiger partial charge < -0.3 is 15.8 Å². The zero-order chi connectivity index (χ0) is 11.5. The maximum Gasteiger partial charge on any atom is 0.240 e. The van der Waals surface area contributed by atoms with Crippen molar-refractivity contribution in [1.29, 1.82) is 0 Å². The second-order valence-electron chi connectivity index (χ2n) is 4.61. The number of nitrogens with one attached hydrogen (secondary N) is 1. The maximum absolute atomic E-state index is 11.9. The molecule has 1 heterocycles. The number of ether oxygens (including phenoxy) is 1. The molecule has 0 aromatic carbocycles.